The zero-order chi connectivity index (χ0) is 10.7. The molecule has 0 amide bonds. The van der Waals surface area contributed by atoms with Crippen LogP contribution < -0.4 is 11.3 Å². The summed E-state index contributed by atoms with van der Waals surface area (Å²) in [5.41, 5.74) is 2.73. The molecule has 15 heavy (non-hydrogen) atoms. The van der Waals surface area contributed by atoms with Crippen molar-refractivity contribution >= 4 is 11.5 Å². The van der Waals surface area contributed by atoms with E-state index in [1.165, 1.54) is 11.5 Å². The standard InChI is InChI=1S/C8H12N6S/c1-2-14-4-3-10-8(14)7(12-9)6-5-11-13-15-6/h3-5,7,12H,2,9H2,1H3. The zero-order valence-electron chi connectivity index (χ0n) is 8.29. The molecule has 1 atom stereocenters. The van der Waals surface area contributed by atoms with E-state index in [0.29, 0.717) is 0 Å². The average molecular weight is 224 g/mol. The van der Waals surface area contributed by atoms with E-state index < -0.39 is 0 Å². The number of nitrogens with zero attached hydrogens (tertiary/aromatic N) is 4. The Morgan fingerprint density at radius 1 is 1.67 bits per heavy atom. The lowest BCUT2D eigenvalue weighted by atomic mass is 10.2. The second-order valence-corrected chi connectivity index (χ2v) is 3.81. The van der Waals surface area contributed by atoms with Crippen LogP contribution in [0.4, 0.5) is 0 Å². The Morgan fingerprint density at radius 3 is 3.13 bits per heavy atom. The predicted octanol–water partition coefficient (Wildman–Crippen LogP) is 0.307. The maximum atomic E-state index is 5.53. The highest BCUT2D eigenvalue weighted by Gasteiger charge is 2.19. The molecule has 2 heterocycles. The number of aromatic nitrogens is 4. The van der Waals surface area contributed by atoms with Gasteiger partial charge in [0, 0.05) is 18.9 Å². The number of nitrogens with two attached hydrogens (primary N) is 1. The van der Waals surface area contributed by atoms with Crippen LogP contribution in [0.15, 0.2) is 18.6 Å². The van der Waals surface area contributed by atoms with Crippen molar-refractivity contribution in [3.05, 3.63) is 29.3 Å². The third-order valence-corrected chi connectivity index (χ3v) is 2.90. The summed E-state index contributed by atoms with van der Waals surface area (Å²) in [4.78, 5) is 5.24. The molecule has 0 aliphatic carbocycles. The van der Waals surface area contributed by atoms with E-state index in [-0.39, 0.29) is 6.04 Å². The molecule has 0 radical (unpaired) electrons. The third-order valence-electron chi connectivity index (χ3n) is 2.18. The predicted molar refractivity (Wildman–Crippen MR) is 57.0 cm³/mol. The molecule has 6 nitrogen and oxygen atoms in total. The maximum Gasteiger partial charge on any atom is 0.132 e. The molecule has 3 N–H and O–H groups in total. The summed E-state index contributed by atoms with van der Waals surface area (Å²) in [6, 6.07) is -0.139. The van der Waals surface area contributed by atoms with Crippen LogP contribution in [-0.4, -0.2) is 19.1 Å². The smallest absolute Gasteiger partial charge is 0.132 e. The van der Waals surface area contributed by atoms with Crippen LogP contribution in [0, 0.1) is 0 Å². The number of nitrogens with one attached hydrogen (secondary N) is 1. The second kappa shape index (κ2) is 4.47. The first-order valence-electron chi connectivity index (χ1n) is 4.61. The van der Waals surface area contributed by atoms with E-state index in [9.17, 15) is 0 Å². The van der Waals surface area contributed by atoms with E-state index in [0.717, 1.165) is 17.2 Å². The summed E-state index contributed by atoms with van der Waals surface area (Å²) in [5, 5.41) is 3.79. The zero-order valence-corrected chi connectivity index (χ0v) is 9.11. The Balaban J connectivity index is 2.35. The SMILES string of the molecule is CCn1ccnc1C(NN)c1cnns1. The first-order chi connectivity index (χ1) is 7.36. The van der Waals surface area contributed by atoms with Gasteiger partial charge in [-0.2, -0.15) is 0 Å². The summed E-state index contributed by atoms with van der Waals surface area (Å²) in [5.74, 6) is 6.41. The van der Waals surface area contributed by atoms with Crippen molar-refractivity contribution in [2.75, 3.05) is 0 Å². The summed E-state index contributed by atoms with van der Waals surface area (Å²) in [7, 11) is 0. The molecule has 0 bridgehead atoms. The number of hydrazine groups is 1. The van der Waals surface area contributed by atoms with Crippen molar-refractivity contribution in [2.24, 2.45) is 5.84 Å². The number of aryl methyl sites for hydroxylation is 1. The van der Waals surface area contributed by atoms with Crippen LogP contribution in [-0.2, 0) is 6.54 Å². The van der Waals surface area contributed by atoms with Crippen LogP contribution in [0.3, 0.4) is 0 Å². The fourth-order valence-electron chi connectivity index (χ4n) is 1.43. The van der Waals surface area contributed by atoms with E-state index in [4.69, 9.17) is 5.84 Å². The van der Waals surface area contributed by atoms with Gasteiger partial charge in [-0.15, -0.1) is 5.10 Å². The second-order valence-electron chi connectivity index (χ2n) is 2.99. The molecule has 0 spiro atoms. The highest BCUT2D eigenvalue weighted by molar-refractivity contribution is 7.05. The molecule has 2 aromatic heterocycles. The Labute approximate surface area is 91.3 Å². The third kappa shape index (κ3) is 1.89. The highest BCUT2D eigenvalue weighted by atomic mass is 32.1. The first kappa shape index (κ1) is 10.2. The molecule has 7 heteroatoms. The van der Waals surface area contributed by atoms with Gasteiger partial charge in [-0.05, 0) is 18.5 Å². The van der Waals surface area contributed by atoms with Gasteiger partial charge in [0.05, 0.1) is 11.1 Å². The summed E-state index contributed by atoms with van der Waals surface area (Å²) >= 11 is 1.32. The van der Waals surface area contributed by atoms with E-state index in [1.54, 1.807) is 12.4 Å². The summed E-state index contributed by atoms with van der Waals surface area (Å²) in [6.45, 7) is 2.92. The normalized spacial score (nSPS) is 12.9. The quantitative estimate of drug-likeness (QED) is 0.577. The van der Waals surface area contributed by atoms with Crippen LogP contribution in [0.25, 0.3) is 0 Å². The lowest BCUT2D eigenvalue weighted by molar-refractivity contribution is 0.567. The van der Waals surface area contributed by atoms with Gasteiger partial charge >= 0.3 is 0 Å². The molecular formula is C8H12N6S. The molecule has 2 rings (SSSR count). The lowest BCUT2D eigenvalue weighted by Crippen LogP contribution is -2.30. The number of rotatable bonds is 4. The van der Waals surface area contributed by atoms with Gasteiger partial charge in [-0.25, -0.2) is 10.4 Å². The van der Waals surface area contributed by atoms with Crippen molar-refractivity contribution in [2.45, 2.75) is 19.5 Å². The monoisotopic (exact) mass is 224 g/mol. The van der Waals surface area contributed by atoms with Crippen molar-refractivity contribution in [1.82, 2.24) is 24.6 Å². The number of imidazole rings is 1. The largest absolute Gasteiger partial charge is 0.334 e. The fourth-order valence-corrected chi connectivity index (χ4v) is 2.00. The topological polar surface area (TPSA) is 81.7 Å². The van der Waals surface area contributed by atoms with E-state index in [2.05, 4.69) is 26.9 Å². The molecule has 0 aliphatic rings. The van der Waals surface area contributed by atoms with Gasteiger partial charge in [0.15, 0.2) is 0 Å². The van der Waals surface area contributed by atoms with Gasteiger partial charge < -0.3 is 4.57 Å². The molecule has 0 aliphatic heterocycles. The Morgan fingerprint density at radius 2 is 2.53 bits per heavy atom. The molecule has 2 aromatic rings. The van der Waals surface area contributed by atoms with Crippen LogP contribution in [0.1, 0.15) is 23.7 Å². The summed E-state index contributed by atoms with van der Waals surface area (Å²) in [6.07, 6.45) is 5.38. The number of hydrogen-bond acceptors (Lipinski definition) is 6. The van der Waals surface area contributed by atoms with Gasteiger partial charge in [0.2, 0.25) is 0 Å². The Bertz CT molecular complexity index is 408. The minimum Gasteiger partial charge on any atom is -0.334 e. The molecule has 0 aromatic carbocycles. The maximum absolute atomic E-state index is 5.53. The van der Waals surface area contributed by atoms with Crippen LogP contribution in [0.2, 0.25) is 0 Å². The summed E-state index contributed by atoms with van der Waals surface area (Å²) < 4.78 is 5.85. The van der Waals surface area contributed by atoms with Crippen molar-refractivity contribution in [1.29, 1.82) is 0 Å². The van der Waals surface area contributed by atoms with Crippen molar-refractivity contribution < 1.29 is 0 Å². The molecule has 80 valence electrons. The van der Waals surface area contributed by atoms with Gasteiger partial charge in [0.25, 0.3) is 0 Å². The van der Waals surface area contributed by atoms with Crippen LogP contribution >= 0.6 is 11.5 Å². The highest BCUT2D eigenvalue weighted by Crippen LogP contribution is 2.21. The first-order valence-corrected chi connectivity index (χ1v) is 5.38. The van der Waals surface area contributed by atoms with Gasteiger partial charge in [-0.1, -0.05) is 4.49 Å². The molecule has 0 fully saturated rings. The van der Waals surface area contributed by atoms with Gasteiger partial charge in [0.1, 0.15) is 11.9 Å². The van der Waals surface area contributed by atoms with Crippen molar-refractivity contribution in [3.8, 4) is 0 Å². The molecule has 0 saturated carbocycles. The van der Waals surface area contributed by atoms with E-state index >= 15 is 0 Å². The van der Waals surface area contributed by atoms with Gasteiger partial charge in [-0.3, -0.25) is 5.84 Å². The Hall–Kier alpha value is -1.31. The Kier molecular flexibility index (Phi) is 3.05. The average Bonchev–Trinajstić information content (AvgIpc) is 2.89. The molecular weight excluding hydrogens is 212 g/mol. The molecule has 0 saturated heterocycles. The minimum atomic E-state index is -0.139. The fraction of sp³-hybridized carbons (Fsp3) is 0.375. The number of hydrogen-bond donors (Lipinski definition) is 2. The van der Waals surface area contributed by atoms with E-state index in [1.807, 2.05) is 10.8 Å². The lowest BCUT2D eigenvalue weighted by Gasteiger charge is -2.13. The minimum absolute atomic E-state index is 0.139. The molecule has 1 unspecified atom stereocenters. The van der Waals surface area contributed by atoms with Crippen molar-refractivity contribution in [3.63, 3.8) is 0 Å². The van der Waals surface area contributed by atoms with Crippen LogP contribution in [0.5, 0.6) is 0 Å².